The summed E-state index contributed by atoms with van der Waals surface area (Å²) >= 11 is 0. The molecule has 2 aromatic carbocycles. The van der Waals surface area contributed by atoms with Crippen molar-refractivity contribution in [3.8, 4) is 0 Å². The number of hydrogen-bond acceptors (Lipinski definition) is 5. The fraction of sp³-hybridized carbons (Fsp3) is 0.467. The first-order valence-corrected chi connectivity index (χ1v) is 13.6. The summed E-state index contributed by atoms with van der Waals surface area (Å²) in [5, 5.41) is 7.83. The van der Waals surface area contributed by atoms with Crippen LogP contribution >= 0.6 is 0 Å². The lowest BCUT2D eigenvalue weighted by Gasteiger charge is -2.38. The number of amides is 2. The van der Waals surface area contributed by atoms with Crippen molar-refractivity contribution < 1.29 is 14.3 Å². The molecule has 0 bridgehead atoms. The monoisotopic (exact) mass is 517 g/mol. The maximum absolute atomic E-state index is 13.7. The highest BCUT2D eigenvalue weighted by atomic mass is 16.6. The van der Waals surface area contributed by atoms with Gasteiger partial charge >= 0.3 is 6.09 Å². The summed E-state index contributed by atoms with van der Waals surface area (Å²) in [4.78, 5) is 30.1. The third-order valence-electron chi connectivity index (χ3n) is 7.61. The number of fused-ring (bicyclic) bond motifs is 2. The Labute approximate surface area is 224 Å². The van der Waals surface area contributed by atoms with Gasteiger partial charge in [0.1, 0.15) is 11.8 Å². The molecule has 1 saturated heterocycles. The standard InChI is InChI=1S/C30H39N5O3/c1-7-34-24-11-9-8-10-20(24)17-26(34)27-32-23-16-21(13-15-25(23)33(27)6)28(36)35-18-22(14-12-19(35)2)31-29(37)38-30(3,4)5/h8-11,13,15-17,19,22,27,32H,7,12,14,18H2,1-6H3,(H,31,37)/t19-,22+,27?/m1/s1. The van der Waals surface area contributed by atoms with Crippen molar-refractivity contribution in [2.24, 2.45) is 0 Å². The number of nitrogens with zero attached hydrogens (tertiary/aromatic N) is 3. The zero-order valence-corrected chi connectivity index (χ0v) is 23.2. The van der Waals surface area contributed by atoms with Crippen LogP contribution in [0.4, 0.5) is 16.2 Å². The van der Waals surface area contributed by atoms with Gasteiger partial charge in [-0.25, -0.2) is 4.79 Å². The average molecular weight is 518 g/mol. The number of nitrogens with one attached hydrogen (secondary N) is 2. The summed E-state index contributed by atoms with van der Waals surface area (Å²) in [7, 11) is 2.09. The van der Waals surface area contributed by atoms with Crippen molar-refractivity contribution in [3.63, 3.8) is 0 Å². The van der Waals surface area contributed by atoms with Gasteiger partial charge in [-0.2, -0.15) is 0 Å². The number of likely N-dealkylation sites (tertiary alicyclic amines) is 1. The van der Waals surface area contributed by atoms with Crippen LogP contribution in [-0.4, -0.2) is 52.7 Å². The topological polar surface area (TPSA) is 78.8 Å². The molecule has 8 heteroatoms. The van der Waals surface area contributed by atoms with E-state index in [1.165, 1.54) is 16.6 Å². The number of aryl methyl sites for hydroxylation is 1. The SMILES string of the molecule is CCn1c(C2Nc3cc(C(=O)N4C[C@@H](NC(=O)OC(C)(C)C)CC[C@H]4C)ccc3N2C)cc2ccccc21. The fourth-order valence-corrected chi connectivity index (χ4v) is 5.71. The summed E-state index contributed by atoms with van der Waals surface area (Å²) in [6, 6.07) is 16.6. The fourth-order valence-electron chi connectivity index (χ4n) is 5.71. The van der Waals surface area contributed by atoms with Crippen LogP contribution in [0.25, 0.3) is 10.9 Å². The highest BCUT2D eigenvalue weighted by molar-refractivity contribution is 5.97. The van der Waals surface area contributed by atoms with Crippen molar-refractivity contribution in [1.29, 1.82) is 0 Å². The van der Waals surface area contributed by atoms with Crippen LogP contribution in [0.2, 0.25) is 0 Å². The van der Waals surface area contributed by atoms with Crippen LogP contribution in [0.1, 0.15) is 69.7 Å². The summed E-state index contributed by atoms with van der Waals surface area (Å²) in [6.45, 7) is 11.1. The molecule has 1 aromatic heterocycles. The van der Waals surface area contributed by atoms with Gasteiger partial charge in [0.25, 0.3) is 5.91 Å². The number of carbonyl (C=O) groups is 2. The second kappa shape index (κ2) is 9.89. The normalized spacial score (nSPS) is 21.3. The number of alkyl carbamates (subject to hydrolysis) is 1. The van der Waals surface area contributed by atoms with Crippen LogP contribution in [0.15, 0.2) is 48.5 Å². The number of benzene rings is 2. The van der Waals surface area contributed by atoms with E-state index in [0.717, 1.165) is 30.8 Å². The number of piperidine rings is 1. The molecule has 2 aliphatic rings. The van der Waals surface area contributed by atoms with E-state index < -0.39 is 11.7 Å². The van der Waals surface area contributed by atoms with E-state index >= 15 is 0 Å². The third kappa shape index (κ3) is 4.91. The molecule has 2 aliphatic heterocycles. The largest absolute Gasteiger partial charge is 0.444 e. The van der Waals surface area contributed by atoms with Gasteiger partial charge in [-0.05, 0) is 77.8 Å². The van der Waals surface area contributed by atoms with E-state index in [2.05, 4.69) is 71.3 Å². The second-order valence-corrected chi connectivity index (χ2v) is 11.5. The highest BCUT2D eigenvalue weighted by Gasteiger charge is 2.34. The highest BCUT2D eigenvalue weighted by Crippen LogP contribution is 2.42. The van der Waals surface area contributed by atoms with Crippen molar-refractivity contribution in [1.82, 2.24) is 14.8 Å². The van der Waals surface area contributed by atoms with E-state index in [9.17, 15) is 9.59 Å². The number of anilines is 2. The van der Waals surface area contributed by atoms with Gasteiger partial charge < -0.3 is 29.7 Å². The van der Waals surface area contributed by atoms with Gasteiger partial charge in [0, 0.05) is 48.7 Å². The lowest BCUT2D eigenvalue weighted by molar-refractivity contribution is 0.0412. The minimum Gasteiger partial charge on any atom is -0.444 e. The zero-order chi connectivity index (χ0) is 27.2. The Bertz CT molecular complexity index is 1360. The van der Waals surface area contributed by atoms with E-state index in [1.54, 1.807) is 0 Å². The quantitative estimate of drug-likeness (QED) is 0.461. The maximum atomic E-state index is 13.7. The first-order valence-electron chi connectivity index (χ1n) is 13.6. The molecule has 2 N–H and O–H groups in total. The molecule has 202 valence electrons. The van der Waals surface area contributed by atoms with E-state index in [-0.39, 0.29) is 24.2 Å². The van der Waals surface area contributed by atoms with Crippen molar-refractivity contribution in [2.75, 3.05) is 23.8 Å². The molecule has 3 atom stereocenters. The summed E-state index contributed by atoms with van der Waals surface area (Å²) in [5.41, 5.74) is 4.52. The van der Waals surface area contributed by atoms with Gasteiger partial charge in [-0.15, -0.1) is 0 Å². The Morgan fingerprint density at radius 1 is 1.11 bits per heavy atom. The second-order valence-electron chi connectivity index (χ2n) is 11.5. The average Bonchev–Trinajstić information content (AvgIpc) is 3.40. The Hall–Kier alpha value is -3.68. The maximum Gasteiger partial charge on any atom is 0.407 e. The lowest BCUT2D eigenvalue weighted by Crippen LogP contribution is -2.53. The van der Waals surface area contributed by atoms with Crippen LogP contribution in [0.3, 0.4) is 0 Å². The molecule has 8 nitrogen and oxygen atoms in total. The molecule has 1 fully saturated rings. The number of carbonyl (C=O) groups excluding carboxylic acids is 2. The van der Waals surface area contributed by atoms with Crippen molar-refractivity contribution in [2.45, 2.75) is 77.9 Å². The van der Waals surface area contributed by atoms with Gasteiger partial charge in [0.2, 0.25) is 0 Å². The predicted molar refractivity (Wildman–Crippen MR) is 152 cm³/mol. The molecule has 0 aliphatic carbocycles. The molecule has 2 amide bonds. The Morgan fingerprint density at radius 2 is 1.87 bits per heavy atom. The molecule has 0 radical (unpaired) electrons. The van der Waals surface area contributed by atoms with Gasteiger partial charge in [-0.1, -0.05) is 18.2 Å². The minimum absolute atomic E-state index is 0.0217. The molecule has 5 rings (SSSR count). The van der Waals surface area contributed by atoms with Crippen LogP contribution in [-0.2, 0) is 11.3 Å². The van der Waals surface area contributed by atoms with Crippen molar-refractivity contribution >= 4 is 34.3 Å². The Balaban J connectivity index is 1.34. The molecule has 1 unspecified atom stereocenters. The summed E-state index contributed by atoms with van der Waals surface area (Å²) < 4.78 is 7.76. The van der Waals surface area contributed by atoms with E-state index in [1.807, 2.05) is 43.9 Å². The van der Waals surface area contributed by atoms with E-state index in [0.29, 0.717) is 12.1 Å². The predicted octanol–water partition coefficient (Wildman–Crippen LogP) is 5.74. The molecule has 3 aromatic rings. The summed E-state index contributed by atoms with van der Waals surface area (Å²) in [5.74, 6) is -0.0217. The number of ether oxygens (including phenoxy) is 1. The Kier molecular flexibility index (Phi) is 6.75. The first-order chi connectivity index (χ1) is 18.1. The molecule has 0 spiro atoms. The third-order valence-corrected chi connectivity index (χ3v) is 7.61. The number of aromatic nitrogens is 1. The molecular formula is C30H39N5O3. The number of rotatable bonds is 4. The van der Waals surface area contributed by atoms with Crippen molar-refractivity contribution in [3.05, 3.63) is 59.8 Å². The molecular weight excluding hydrogens is 478 g/mol. The first kappa shape index (κ1) is 25.9. The molecule has 38 heavy (non-hydrogen) atoms. The number of hydrogen-bond donors (Lipinski definition) is 2. The number of para-hydroxylation sites is 1. The molecule has 3 heterocycles. The lowest BCUT2D eigenvalue weighted by atomic mass is 9.98. The van der Waals surface area contributed by atoms with Gasteiger partial charge in [0.05, 0.1) is 17.1 Å². The summed E-state index contributed by atoms with van der Waals surface area (Å²) in [6.07, 6.45) is 1.17. The van der Waals surface area contributed by atoms with Crippen LogP contribution < -0.4 is 15.5 Å². The van der Waals surface area contributed by atoms with Crippen LogP contribution in [0, 0.1) is 0 Å². The van der Waals surface area contributed by atoms with Gasteiger partial charge in [0.15, 0.2) is 0 Å². The minimum atomic E-state index is -0.560. The van der Waals surface area contributed by atoms with Gasteiger partial charge in [-0.3, -0.25) is 4.79 Å². The Morgan fingerprint density at radius 3 is 2.61 bits per heavy atom. The molecule has 0 saturated carbocycles. The van der Waals surface area contributed by atoms with E-state index in [4.69, 9.17) is 4.74 Å². The zero-order valence-electron chi connectivity index (χ0n) is 23.2. The smallest absolute Gasteiger partial charge is 0.407 e. The van der Waals surface area contributed by atoms with Crippen LogP contribution in [0.5, 0.6) is 0 Å².